The lowest BCUT2D eigenvalue weighted by molar-refractivity contribution is 0.0934. The van der Waals surface area contributed by atoms with Crippen LogP contribution in [-0.4, -0.2) is 23.5 Å². The minimum Gasteiger partial charge on any atom is -0.347 e. The highest BCUT2D eigenvalue weighted by atomic mass is 35.5. The van der Waals surface area contributed by atoms with Crippen LogP contribution in [0.2, 0.25) is 0 Å². The summed E-state index contributed by atoms with van der Waals surface area (Å²) < 4.78 is 0. The van der Waals surface area contributed by atoms with Crippen LogP contribution in [0.3, 0.4) is 0 Å². The average Bonchev–Trinajstić information content (AvgIpc) is 3.04. The van der Waals surface area contributed by atoms with E-state index in [1.165, 1.54) is 22.5 Å². The molecule has 2 aromatic rings. The standard InChI is InChI=1S/C15H17N3OS.ClH/c16-6-5-14-18-13(9-20-14)15(19)17-12-7-10-3-1-2-4-11(10)8-12;/h1-4,9,12H,5-8,16H2,(H,17,19);1H. The molecule has 3 rings (SSSR count). The summed E-state index contributed by atoms with van der Waals surface area (Å²) in [7, 11) is 0. The fraction of sp³-hybridized carbons (Fsp3) is 0.333. The molecule has 1 aliphatic carbocycles. The number of thiazole rings is 1. The molecular weight excluding hydrogens is 306 g/mol. The largest absolute Gasteiger partial charge is 0.347 e. The van der Waals surface area contributed by atoms with Crippen molar-refractivity contribution in [1.29, 1.82) is 0 Å². The van der Waals surface area contributed by atoms with Crippen LogP contribution in [0.5, 0.6) is 0 Å². The summed E-state index contributed by atoms with van der Waals surface area (Å²) in [4.78, 5) is 16.5. The fourth-order valence-electron chi connectivity index (χ4n) is 2.57. The molecule has 0 spiro atoms. The number of nitrogens with zero attached hydrogens (tertiary/aromatic N) is 1. The number of nitrogens with one attached hydrogen (secondary N) is 1. The van der Waals surface area contributed by atoms with Crippen molar-refractivity contribution < 1.29 is 4.79 Å². The number of hydrogen-bond acceptors (Lipinski definition) is 4. The predicted octanol–water partition coefficient (Wildman–Crippen LogP) is 1.96. The molecule has 3 N–H and O–H groups in total. The van der Waals surface area contributed by atoms with Crippen molar-refractivity contribution in [1.82, 2.24) is 10.3 Å². The molecule has 21 heavy (non-hydrogen) atoms. The van der Waals surface area contributed by atoms with Gasteiger partial charge in [-0.15, -0.1) is 23.7 Å². The maximum absolute atomic E-state index is 12.2. The number of nitrogens with two attached hydrogens (primary N) is 1. The highest BCUT2D eigenvalue weighted by Crippen LogP contribution is 2.22. The topological polar surface area (TPSA) is 68.0 Å². The Morgan fingerprint density at radius 1 is 1.33 bits per heavy atom. The molecule has 0 bridgehead atoms. The molecule has 112 valence electrons. The van der Waals surface area contributed by atoms with Crippen molar-refractivity contribution in [2.75, 3.05) is 6.54 Å². The molecule has 0 radical (unpaired) electrons. The van der Waals surface area contributed by atoms with Gasteiger partial charge in [-0.3, -0.25) is 4.79 Å². The van der Waals surface area contributed by atoms with Crippen LogP contribution in [0, 0.1) is 0 Å². The smallest absolute Gasteiger partial charge is 0.270 e. The Morgan fingerprint density at radius 3 is 2.62 bits per heavy atom. The van der Waals surface area contributed by atoms with Gasteiger partial charge in [-0.25, -0.2) is 4.98 Å². The van der Waals surface area contributed by atoms with E-state index in [2.05, 4.69) is 22.4 Å². The molecule has 0 fully saturated rings. The molecule has 1 aromatic carbocycles. The number of hydrogen-bond donors (Lipinski definition) is 2. The third kappa shape index (κ3) is 3.61. The molecule has 0 aliphatic heterocycles. The molecular formula is C15H18ClN3OS. The maximum Gasteiger partial charge on any atom is 0.270 e. The molecule has 6 heteroatoms. The zero-order valence-electron chi connectivity index (χ0n) is 11.5. The van der Waals surface area contributed by atoms with Gasteiger partial charge in [0.15, 0.2) is 0 Å². The van der Waals surface area contributed by atoms with Gasteiger partial charge in [0, 0.05) is 17.8 Å². The second kappa shape index (κ2) is 7.02. The van der Waals surface area contributed by atoms with Crippen LogP contribution in [0.15, 0.2) is 29.6 Å². The Balaban J connectivity index is 0.00000161. The van der Waals surface area contributed by atoms with Crippen LogP contribution in [0.25, 0.3) is 0 Å². The lowest BCUT2D eigenvalue weighted by Gasteiger charge is -2.10. The highest BCUT2D eigenvalue weighted by Gasteiger charge is 2.23. The second-order valence-electron chi connectivity index (χ2n) is 5.01. The van der Waals surface area contributed by atoms with E-state index in [9.17, 15) is 4.79 Å². The van der Waals surface area contributed by atoms with Gasteiger partial charge in [-0.05, 0) is 30.5 Å². The van der Waals surface area contributed by atoms with Gasteiger partial charge in [0.2, 0.25) is 0 Å². The van der Waals surface area contributed by atoms with Crippen molar-refractivity contribution in [2.45, 2.75) is 25.3 Å². The monoisotopic (exact) mass is 323 g/mol. The van der Waals surface area contributed by atoms with Crippen LogP contribution in [0.4, 0.5) is 0 Å². The molecule has 0 saturated heterocycles. The number of rotatable bonds is 4. The van der Waals surface area contributed by atoms with Crippen molar-refractivity contribution in [2.24, 2.45) is 5.73 Å². The average molecular weight is 324 g/mol. The quantitative estimate of drug-likeness (QED) is 0.904. The van der Waals surface area contributed by atoms with Crippen molar-refractivity contribution in [3.05, 3.63) is 51.5 Å². The van der Waals surface area contributed by atoms with E-state index in [-0.39, 0.29) is 24.4 Å². The van der Waals surface area contributed by atoms with E-state index >= 15 is 0 Å². The molecule has 0 saturated carbocycles. The number of benzene rings is 1. The second-order valence-corrected chi connectivity index (χ2v) is 5.96. The lowest BCUT2D eigenvalue weighted by Crippen LogP contribution is -2.35. The van der Waals surface area contributed by atoms with Gasteiger partial charge in [0.05, 0.1) is 5.01 Å². The number of fused-ring (bicyclic) bond motifs is 1. The number of amides is 1. The molecule has 1 aromatic heterocycles. The summed E-state index contributed by atoms with van der Waals surface area (Å²) in [5.74, 6) is -0.0812. The number of aromatic nitrogens is 1. The summed E-state index contributed by atoms with van der Waals surface area (Å²) in [5, 5.41) is 5.80. The van der Waals surface area contributed by atoms with Gasteiger partial charge in [0.25, 0.3) is 5.91 Å². The number of carbonyl (C=O) groups is 1. The first-order valence-electron chi connectivity index (χ1n) is 6.78. The first kappa shape index (κ1) is 15.9. The summed E-state index contributed by atoms with van der Waals surface area (Å²) in [5.41, 5.74) is 8.67. The molecule has 1 amide bonds. The Kier molecular flexibility index (Phi) is 5.33. The van der Waals surface area contributed by atoms with Crippen LogP contribution in [0.1, 0.15) is 26.6 Å². The minimum absolute atomic E-state index is 0. The van der Waals surface area contributed by atoms with Crippen molar-refractivity contribution in [3.63, 3.8) is 0 Å². The van der Waals surface area contributed by atoms with E-state index in [0.717, 1.165) is 24.3 Å². The van der Waals surface area contributed by atoms with Gasteiger partial charge >= 0.3 is 0 Å². The van der Waals surface area contributed by atoms with E-state index in [1.54, 1.807) is 0 Å². The van der Waals surface area contributed by atoms with Gasteiger partial charge < -0.3 is 11.1 Å². The predicted molar refractivity (Wildman–Crippen MR) is 87.2 cm³/mol. The van der Waals surface area contributed by atoms with Gasteiger partial charge in [-0.1, -0.05) is 24.3 Å². The first-order valence-corrected chi connectivity index (χ1v) is 7.66. The molecule has 0 unspecified atom stereocenters. The van der Waals surface area contributed by atoms with Crippen LogP contribution >= 0.6 is 23.7 Å². The van der Waals surface area contributed by atoms with E-state index in [0.29, 0.717) is 12.2 Å². The fourth-order valence-corrected chi connectivity index (χ4v) is 3.37. The normalized spacial score (nSPS) is 13.6. The molecule has 4 nitrogen and oxygen atoms in total. The summed E-state index contributed by atoms with van der Waals surface area (Å²) in [6, 6.07) is 8.53. The maximum atomic E-state index is 12.2. The third-order valence-electron chi connectivity index (χ3n) is 3.53. The van der Waals surface area contributed by atoms with Crippen LogP contribution < -0.4 is 11.1 Å². The Morgan fingerprint density at radius 2 is 2.00 bits per heavy atom. The van der Waals surface area contributed by atoms with Gasteiger partial charge in [0.1, 0.15) is 5.69 Å². The zero-order chi connectivity index (χ0) is 13.9. The summed E-state index contributed by atoms with van der Waals surface area (Å²) in [6.45, 7) is 0.562. The van der Waals surface area contributed by atoms with E-state index in [4.69, 9.17) is 5.73 Å². The number of carbonyl (C=O) groups excluding carboxylic acids is 1. The molecule has 1 aliphatic rings. The van der Waals surface area contributed by atoms with E-state index in [1.807, 2.05) is 17.5 Å². The number of halogens is 1. The summed E-state index contributed by atoms with van der Waals surface area (Å²) >= 11 is 1.50. The van der Waals surface area contributed by atoms with Crippen LogP contribution in [-0.2, 0) is 19.3 Å². The first-order chi connectivity index (χ1) is 9.76. The minimum atomic E-state index is -0.0812. The Labute approximate surface area is 134 Å². The van der Waals surface area contributed by atoms with Crippen molar-refractivity contribution in [3.8, 4) is 0 Å². The SMILES string of the molecule is Cl.NCCc1nc(C(=O)NC2Cc3ccccc3C2)cs1. The highest BCUT2D eigenvalue weighted by molar-refractivity contribution is 7.09. The van der Waals surface area contributed by atoms with Gasteiger partial charge in [-0.2, -0.15) is 0 Å². The molecule has 0 atom stereocenters. The Hall–Kier alpha value is -1.43. The Bertz CT molecular complexity index is 604. The van der Waals surface area contributed by atoms with E-state index < -0.39 is 0 Å². The lowest BCUT2D eigenvalue weighted by atomic mass is 10.1. The third-order valence-corrected chi connectivity index (χ3v) is 4.44. The zero-order valence-corrected chi connectivity index (χ0v) is 13.2. The van der Waals surface area contributed by atoms with Crippen molar-refractivity contribution >= 4 is 29.7 Å². The molecule has 1 heterocycles. The summed E-state index contributed by atoms with van der Waals surface area (Å²) in [6.07, 6.45) is 2.54.